The standard InChI is InChI=1S/C14H20N4/c1-10-5-6-13(7-11(10)2)12(3)15-8-14-17-16-9-18(14)4/h5-7,9,12,15H,8H2,1-4H3. The number of nitrogens with one attached hydrogen (secondary N) is 1. The van der Waals surface area contributed by atoms with Crippen molar-refractivity contribution in [2.45, 2.75) is 33.4 Å². The molecule has 0 amide bonds. The van der Waals surface area contributed by atoms with Crippen molar-refractivity contribution in [3.05, 3.63) is 47.0 Å². The zero-order valence-electron chi connectivity index (χ0n) is 11.4. The third kappa shape index (κ3) is 2.76. The molecular weight excluding hydrogens is 224 g/mol. The molecule has 1 unspecified atom stereocenters. The first-order chi connectivity index (χ1) is 8.58. The quantitative estimate of drug-likeness (QED) is 0.897. The average molecular weight is 244 g/mol. The summed E-state index contributed by atoms with van der Waals surface area (Å²) in [5.41, 5.74) is 3.97. The highest BCUT2D eigenvalue weighted by atomic mass is 15.3. The Kier molecular flexibility index (Phi) is 3.77. The van der Waals surface area contributed by atoms with Crippen molar-refractivity contribution in [2.24, 2.45) is 7.05 Å². The van der Waals surface area contributed by atoms with Crippen LogP contribution in [0.15, 0.2) is 24.5 Å². The molecule has 1 N–H and O–H groups in total. The molecule has 0 aliphatic heterocycles. The van der Waals surface area contributed by atoms with Crippen LogP contribution in [0.4, 0.5) is 0 Å². The number of aromatic nitrogens is 3. The van der Waals surface area contributed by atoms with Crippen molar-refractivity contribution in [3.8, 4) is 0 Å². The Morgan fingerprint density at radius 3 is 2.67 bits per heavy atom. The second-order valence-electron chi connectivity index (χ2n) is 4.80. The Morgan fingerprint density at radius 2 is 2.06 bits per heavy atom. The zero-order valence-corrected chi connectivity index (χ0v) is 11.4. The van der Waals surface area contributed by atoms with Gasteiger partial charge in [-0.2, -0.15) is 0 Å². The summed E-state index contributed by atoms with van der Waals surface area (Å²) in [5.74, 6) is 0.950. The number of nitrogens with zero attached hydrogens (tertiary/aromatic N) is 3. The fourth-order valence-corrected chi connectivity index (χ4v) is 1.86. The fourth-order valence-electron chi connectivity index (χ4n) is 1.86. The van der Waals surface area contributed by atoms with Crippen molar-refractivity contribution in [1.29, 1.82) is 0 Å². The SMILES string of the molecule is Cc1ccc(C(C)NCc2nncn2C)cc1C. The molecule has 0 fully saturated rings. The summed E-state index contributed by atoms with van der Waals surface area (Å²) in [4.78, 5) is 0. The number of hydrogen-bond acceptors (Lipinski definition) is 3. The molecule has 4 heteroatoms. The molecule has 0 saturated carbocycles. The number of rotatable bonds is 4. The van der Waals surface area contributed by atoms with E-state index in [9.17, 15) is 0 Å². The maximum Gasteiger partial charge on any atom is 0.146 e. The van der Waals surface area contributed by atoms with Gasteiger partial charge in [0.2, 0.25) is 0 Å². The molecule has 2 aromatic rings. The molecule has 2 rings (SSSR count). The van der Waals surface area contributed by atoms with Crippen LogP contribution < -0.4 is 5.32 Å². The Labute approximate surface area is 108 Å². The molecule has 1 heterocycles. The second-order valence-corrected chi connectivity index (χ2v) is 4.80. The van der Waals surface area contributed by atoms with Crippen LogP contribution in [-0.4, -0.2) is 14.8 Å². The third-order valence-corrected chi connectivity index (χ3v) is 3.40. The average Bonchev–Trinajstić information content (AvgIpc) is 2.75. The van der Waals surface area contributed by atoms with E-state index in [0.717, 1.165) is 12.4 Å². The van der Waals surface area contributed by atoms with E-state index in [-0.39, 0.29) is 0 Å². The maximum absolute atomic E-state index is 4.06. The van der Waals surface area contributed by atoms with Crippen LogP contribution in [0.2, 0.25) is 0 Å². The first-order valence-corrected chi connectivity index (χ1v) is 6.21. The highest BCUT2D eigenvalue weighted by Crippen LogP contribution is 2.16. The van der Waals surface area contributed by atoms with Crippen LogP contribution >= 0.6 is 0 Å². The Bertz CT molecular complexity index is 530. The van der Waals surface area contributed by atoms with E-state index in [0.29, 0.717) is 6.04 Å². The van der Waals surface area contributed by atoms with Crippen molar-refractivity contribution in [1.82, 2.24) is 20.1 Å². The molecule has 0 spiro atoms. The van der Waals surface area contributed by atoms with Crippen LogP contribution in [0.25, 0.3) is 0 Å². The second kappa shape index (κ2) is 5.31. The van der Waals surface area contributed by atoms with Gasteiger partial charge in [0.25, 0.3) is 0 Å². The first-order valence-electron chi connectivity index (χ1n) is 6.21. The van der Waals surface area contributed by atoms with E-state index in [1.54, 1.807) is 6.33 Å². The lowest BCUT2D eigenvalue weighted by Gasteiger charge is -2.15. The smallest absolute Gasteiger partial charge is 0.146 e. The monoisotopic (exact) mass is 244 g/mol. The lowest BCUT2D eigenvalue weighted by Crippen LogP contribution is -2.20. The number of benzene rings is 1. The molecule has 1 aromatic heterocycles. The van der Waals surface area contributed by atoms with Crippen molar-refractivity contribution >= 4 is 0 Å². The Morgan fingerprint density at radius 1 is 1.28 bits per heavy atom. The highest BCUT2D eigenvalue weighted by molar-refractivity contribution is 5.31. The Hall–Kier alpha value is -1.68. The van der Waals surface area contributed by atoms with E-state index in [4.69, 9.17) is 0 Å². The van der Waals surface area contributed by atoms with Gasteiger partial charge < -0.3 is 9.88 Å². The van der Waals surface area contributed by atoms with E-state index >= 15 is 0 Å². The van der Waals surface area contributed by atoms with E-state index < -0.39 is 0 Å². The van der Waals surface area contributed by atoms with Crippen molar-refractivity contribution < 1.29 is 0 Å². The van der Waals surface area contributed by atoms with Gasteiger partial charge in [0.05, 0.1) is 6.54 Å². The molecule has 4 nitrogen and oxygen atoms in total. The van der Waals surface area contributed by atoms with Crippen LogP contribution in [0.5, 0.6) is 0 Å². The van der Waals surface area contributed by atoms with Gasteiger partial charge in [-0.25, -0.2) is 0 Å². The van der Waals surface area contributed by atoms with Crippen LogP contribution in [0.1, 0.15) is 35.5 Å². The van der Waals surface area contributed by atoms with Gasteiger partial charge in [0.1, 0.15) is 12.2 Å². The molecule has 0 bridgehead atoms. The molecule has 0 radical (unpaired) electrons. The van der Waals surface area contributed by atoms with Gasteiger partial charge >= 0.3 is 0 Å². The first kappa shape index (κ1) is 12.8. The normalized spacial score (nSPS) is 12.7. The molecule has 0 aliphatic rings. The van der Waals surface area contributed by atoms with Gasteiger partial charge in [0.15, 0.2) is 0 Å². The minimum Gasteiger partial charge on any atom is -0.320 e. The van der Waals surface area contributed by atoms with Crippen molar-refractivity contribution in [3.63, 3.8) is 0 Å². The summed E-state index contributed by atoms with van der Waals surface area (Å²) in [6.07, 6.45) is 1.72. The minimum absolute atomic E-state index is 0.306. The summed E-state index contributed by atoms with van der Waals surface area (Å²) in [5, 5.41) is 11.4. The van der Waals surface area contributed by atoms with E-state index in [1.807, 2.05) is 11.6 Å². The molecule has 96 valence electrons. The topological polar surface area (TPSA) is 42.7 Å². The van der Waals surface area contributed by atoms with Gasteiger partial charge in [-0.15, -0.1) is 10.2 Å². The molecular formula is C14H20N4. The molecule has 0 aliphatic carbocycles. The molecule has 1 atom stereocenters. The molecule has 1 aromatic carbocycles. The molecule has 18 heavy (non-hydrogen) atoms. The predicted molar refractivity (Wildman–Crippen MR) is 72.2 cm³/mol. The minimum atomic E-state index is 0.306. The van der Waals surface area contributed by atoms with Crippen molar-refractivity contribution in [2.75, 3.05) is 0 Å². The summed E-state index contributed by atoms with van der Waals surface area (Å²) in [7, 11) is 1.96. The Balaban J connectivity index is 2.01. The summed E-state index contributed by atoms with van der Waals surface area (Å²) in [6.45, 7) is 7.18. The van der Waals surface area contributed by atoms with Gasteiger partial charge in [0, 0.05) is 13.1 Å². The molecule has 0 saturated heterocycles. The van der Waals surface area contributed by atoms with E-state index in [1.165, 1.54) is 16.7 Å². The lowest BCUT2D eigenvalue weighted by molar-refractivity contribution is 0.548. The maximum atomic E-state index is 4.06. The van der Waals surface area contributed by atoms with Crippen LogP contribution in [0.3, 0.4) is 0 Å². The third-order valence-electron chi connectivity index (χ3n) is 3.40. The highest BCUT2D eigenvalue weighted by Gasteiger charge is 2.07. The summed E-state index contributed by atoms with van der Waals surface area (Å²) >= 11 is 0. The zero-order chi connectivity index (χ0) is 13.1. The van der Waals surface area contributed by atoms with Gasteiger partial charge in [-0.1, -0.05) is 18.2 Å². The van der Waals surface area contributed by atoms with E-state index in [2.05, 4.69) is 54.5 Å². The van der Waals surface area contributed by atoms with Crippen LogP contribution in [0, 0.1) is 13.8 Å². The number of hydrogen-bond donors (Lipinski definition) is 1. The van der Waals surface area contributed by atoms with Gasteiger partial charge in [-0.05, 0) is 37.5 Å². The lowest BCUT2D eigenvalue weighted by atomic mass is 10.0. The number of aryl methyl sites for hydroxylation is 3. The van der Waals surface area contributed by atoms with Crippen LogP contribution in [-0.2, 0) is 13.6 Å². The fraction of sp³-hybridized carbons (Fsp3) is 0.429. The summed E-state index contributed by atoms with van der Waals surface area (Å²) < 4.78 is 1.93. The predicted octanol–water partition coefficient (Wildman–Crippen LogP) is 2.28. The van der Waals surface area contributed by atoms with Gasteiger partial charge in [-0.3, -0.25) is 0 Å². The largest absolute Gasteiger partial charge is 0.320 e. The summed E-state index contributed by atoms with van der Waals surface area (Å²) in [6, 6.07) is 6.90.